The molecule has 5 nitrogen and oxygen atoms in total. The number of halogens is 1. The maximum Gasteiger partial charge on any atom is 0.315 e. The Morgan fingerprint density at radius 2 is 2.12 bits per heavy atom. The topological polar surface area (TPSA) is 59.6 Å². The van der Waals surface area contributed by atoms with Crippen molar-refractivity contribution >= 4 is 17.6 Å². The van der Waals surface area contributed by atoms with Crippen LogP contribution in [-0.4, -0.2) is 38.9 Å². The van der Waals surface area contributed by atoms with Gasteiger partial charge >= 0.3 is 6.03 Å². The van der Waals surface area contributed by atoms with Crippen molar-refractivity contribution in [2.45, 2.75) is 50.5 Å². The molecule has 2 unspecified atom stereocenters. The minimum absolute atomic E-state index is 0.0874. The van der Waals surface area contributed by atoms with Crippen LogP contribution in [0.25, 0.3) is 0 Å². The number of nitrogens with one attached hydrogen (secondary N) is 2. The molecule has 1 aromatic rings. The van der Waals surface area contributed by atoms with Gasteiger partial charge in [-0.3, -0.25) is 0 Å². The molecule has 2 fully saturated rings. The molecular formula is C20H29ClN2O3. The first-order valence-corrected chi connectivity index (χ1v) is 9.88. The number of benzene rings is 1. The molecule has 2 atom stereocenters. The van der Waals surface area contributed by atoms with Crippen LogP contribution >= 0.6 is 11.6 Å². The predicted molar refractivity (Wildman–Crippen MR) is 103 cm³/mol. The number of hydrogen-bond acceptors (Lipinski definition) is 3. The Kier molecular flexibility index (Phi) is 6.30. The molecule has 0 bridgehead atoms. The molecule has 26 heavy (non-hydrogen) atoms. The Morgan fingerprint density at radius 1 is 1.35 bits per heavy atom. The third kappa shape index (κ3) is 4.26. The van der Waals surface area contributed by atoms with Gasteiger partial charge in [-0.05, 0) is 49.8 Å². The number of carbonyl (C=O) groups excluding carboxylic acids is 1. The fraction of sp³-hybridized carbons (Fsp3) is 0.650. The van der Waals surface area contributed by atoms with Crippen molar-refractivity contribution in [3.05, 3.63) is 28.8 Å². The molecule has 1 aromatic carbocycles. The highest BCUT2D eigenvalue weighted by Gasteiger charge is 2.37. The first kappa shape index (κ1) is 19.3. The minimum Gasteiger partial charge on any atom is -0.496 e. The summed E-state index contributed by atoms with van der Waals surface area (Å²) in [5.74, 6) is 1.36. The van der Waals surface area contributed by atoms with Crippen LogP contribution in [0.1, 0.15) is 44.6 Å². The lowest BCUT2D eigenvalue weighted by molar-refractivity contribution is 0.0498. The quantitative estimate of drug-likeness (QED) is 0.814. The van der Waals surface area contributed by atoms with Crippen LogP contribution in [-0.2, 0) is 10.2 Å². The van der Waals surface area contributed by atoms with E-state index in [-0.39, 0.29) is 17.5 Å². The van der Waals surface area contributed by atoms with Gasteiger partial charge < -0.3 is 20.1 Å². The number of hydrogen-bond donors (Lipinski definition) is 2. The smallest absolute Gasteiger partial charge is 0.315 e. The summed E-state index contributed by atoms with van der Waals surface area (Å²) in [6, 6.07) is 5.88. The van der Waals surface area contributed by atoms with E-state index in [1.807, 2.05) is 18.2 Å². The van der Waals surface area contributed by atoms with Crippen molar-refractivity contribution in [2.75, 3.05) is 26.9 Å². The van der Waals surface area contributed by atoms with Gasteiger partial charge in [0.1, 0.15) is 5.75 Å². The van der Waals surface area contributed by atoms with Crippen molar-refractivity contribution in [1.29, 1.82) is 0 Å². The first-order valence-electron chi connectivity index (χ1n) is 9.50. The van der Waals surface area contributed by atoms with Crippen molar-refractivity contribution in [2.24, 2.45) is 5.92 Å². The van der Waals surface area contributed by atoms with Crippen LogP contribution in [0.2, 0.25) is 5.02 Å². The van der Waals surface area contributed by atoms with Gasteiger partial charge in [0.05, 0.1) is 7.11 Å². The molecule has 2 amide bonds. The van der Waals surface area contributed by atoms with Gasteiger partial charge in [-0.1, -0.05) is 24.9 Å². The van der Waals surface area contributed by atoms with Crippen molar-refractivity contribution < 1.29 is 14.3 Å². The maximum atomic E-state index is 12.5. The van der Waals surface area contributed by atoms with E-state index in [9.17, 15) is 4.79 Å². The van der Waals surface area contributed by atoms with E-state index in [1.54, 1.807) is 7.11 Å². The van der Waals surface area contributed by atoms with E-state index in [0.717, 1.165) is 30.6 Å². The highest BCUT2D eigenvalue weighted by Crippen LogP contribution is 2.40. The summed E-state index contributed by atoms with van der Waals surface area (Å²) in [6.45, 7) is 4.08. The fourth-order valence-corrected chi connectivity index (χ4v) is 4.40. The number of urea groups is 1. The van der Waals surface area contributed by atoms with Gasteiger partial charge in [-0.15, -0.1) is 0 Å². The van der Waals surface area contributed by atoms with E-state index in [0.29, 0.717) is 30.7 Å². The van der Waals surface area contributed by atoms with E-state index in [2.05, 4.69) is 17.6 Å². The highest BCUT2D eigenvalue weighted by atomic mass is 35.5. The molecule has 2 aliphatic rings. The summed E-state index contributed by atoms with van der Waals surface area (Å²) in [7, 11) is 1.67. The molecule has 1 saturated heterocycles. The van der Waals surface area contributed by atoms with Crippen LogP contribution in [0, 0.1) is 5.92 Å². The summed E-state index contributed by atoms with van der Waals surface area (Å²) in [5.41, 5.74) is 0.818. The second kappa shape index (κ2) is 8.49. The summed E-state index contributed by atoms with van der Waals surface area (Å²) in [4.78, 5) is 12.5. The third-order valence-electron chi connectivity index (χ3n) is 5.95. The Morgan fingerprint density at radius 3 is 2.77 bits per heavy atom. The maximum absolute atomic E-state index is 12.5. The Labute approximate surface area is 160 Å². The average Bonchev–Trinajstić information content (AvgIpc) is 3.05. The lowest BCUT2D eigenvalue weighted by Gasteiger charge is -2.38. The molecule has 1 heterocycles. The number of rotatable bonds is 5. The molecule has 144 valence electrons. The highest BCUT2D eigenvalue weighted by molar-refractivity contribution is 6.30. The molecular weight excluding hydrogens is 352 g/mol. The molecule has 1 aliphatic heterocycles. The van der Waals surface area contributed by atoms with Gasteiger partial charge in [0, 0.05) is 41.8 Å². The standard InChI is InChI=1S/C20H29ClN2O3/c1-14-4-3-5-17(14)23-19(24)22-13-20(8-10-26-11-9-20)16-12-15(21)6-7-18(16)25-2/h6-7,12,14,17H,3-5,8-11,13H2,1-2H3,(H2,22,23,24). The number of amides is 2. The van der Waals surface area contributed by atoms with Crippen LogP contribution in [0.15, 0.2) is 18.2 Å². The number of ether oxygens (including phenoxy) is 2. The van der Waals surface area contributed by atoms with E-state index in [4.69, 9.17) is 21.1 Å². The third-order valence-corrected chi connectivity index (χ3v) is 6.18. The molecule has 0 radical (unpaired) electrons. The zero-order valence-electron chi connectivity index (χ0n) is 15.6. The molecule has 6 heteroatoms. The Bertz CT molecular complexity index is 631. The zero-order valence-corrected chi connectivity index (χ0v) is 16.4. The summed E-state index contributed by atoms with van der Waals surface area (Å²) >= 11 is 6.26. The second-order valence-corrected chi connectivity index (χ2v) is 8.02. The monoisotopic (exact) mass is 380 g/mol. The van der Waals surface area contributed by atoms with Crippen LogP contribution < -0.4 is 15.4 Å². The molecule has 1 aliphatic carbocycles. The largest absolute Gasteiger partial charge is 0.496 e. The summed E-state index contributed by atoms with van der Waals surface area (Å²) < 4.78 is 11.2. The molecule has 0 aromatic heterocycles. The normalized spacial score (nSPS) is 24.9. The fourth-order valence-electron chi connectivity index (χ4n) is 4.23. The van der Waals surface area contributed by atoms with Crippen LogP contribution in [0.3, 0.4) is 0 Å². The van der Waals surface area contributed by atoms with E-state index >= 15 is 0 Å². The SMILES string of the molecule is COc1ccc(Cl)cc1C1(CNC(=O)NC2CCCC2C)CCOCC1. The molecule has 1 saturated carbocycles. The summed E-state index contributed by atoms with van der Waals surface area (Å²) in [5, 5.41) is 6.92. The Balaban J connectivity index is 1.74. The van der Waals surface area contributed by atoms with Gasteiger partial charge in [0.25, 0.3) is 0 Å². The lowest BCUT2D eigenvalue weighted by Crippen LogP contribution is -2.49. The van der Waals surface area contributed by atoms with E-state index in [1.165, 1.54) is 12.8 Å². The zero-order chi connectivity index (χ0) is 18.6. The number of carbonyl (C=O) groups is 1. The number of methoxy groups -OCH3 is 1. The Hall–Kier alpha value is -1.46. The second-order valence-electron chi connectivity index (χ2n) is 7.58. The molecule has 3 rings (SSSR count). The van der Waals surface area contributed by atoms with Crippen molar-refractivity contribution in [3.8, 4) is 5.75 Å². The lowest BCUT2D eigenvalue weighted by atomic mass is 9.73. The van der Waals surface area contributed by atoms with Crippen molar-refractivity contribution in [1.82, 2.24) is 10.6 Å². The van der Waals surface area contributed by atoms with Gasteiger partial charge in [0.2, 0.25) is 0 Å². The average molecular weight is 381 g/mol. The van der Waals surface area contributed by atoms with Crippen LogP contribution in [0.4, 0.5) is 4.79 Å². The molecule has 0 spiro atoms. The van der Waals surface area contributed by atoms with Crippen molar-refractivity contribution in [3.63, 3.8) is 0 Å². The van der Waals surface area contributed by atoms with Gasteiger partial charge in [0.15, 0.2) is 0 Å². The predicted octanol–water partition coefficient (Wildman–Crippen LogP) is 3.88. The molecule has 2 N–H and O–H groups in total. The van der Waals surface area contributed by atoms with E-state index < -0.39 is 0 Å². The minimum atomic E-state index is -0.229. The first-order chi connectivity index (χ1) is 12.5. The van der Waals surface area contributed by atoms with Gasteiger partial charge in [-0.2, -0.15) is 0 Å². The van der Waals surface area contributed by atoms with Gasteiger partial charge in [-0.25, -0.2) is 4.79 Å². The van der Waals surface area contributed by atoms with Crippen LogP contribution in [0.5, 0.6) is 5.75 Å². The summed E-state index contributed by atoms with van der Waals surface area (Å²) in [6.07, 6.45) is 5.09.